The molecule has 1 atom stereocenters. The number of aryl methyl sites for hydroxylation is 2. The maximum atomic E-state index is 12.8. The number of ether oxygens (including phenoxy) is 4. The molecular weight excluding hydrogens is 536 g/mol. The van der Waals surface area contributed by atoms with Gasteiger partial charge in [0.2, 0.25) is 0 Å². The zero-order valence-corrected chi connectivity index (χ0v) is 25.2. The van der Waals surface area contributed by atoms with E-state index in [1.807, 2.05) is 42.5 Å². The Bertz CT molecular complexity index is 1240. The Hall–Kier alpha value is -3.60. The molecule has 0 spiro atoms. The van der Waals surface area contributed by atoms with Crippen molar-refractivity contribution in [2.45, 2.75) is 65.7 Å². The summed E-state index contributed by atoms with van der Waals surface area (Å²) in [6, 6.07) is 13.4. The van der Waals surface area contributed by atoms with Gasteiger partial charge in [-0.15, -0.1) is 0 Å². The van der Waals surface area contributed by atoms with Gasteiger partial charge >= 0.3 is 6.03 Å². The summed E-state index contributed by atoms with van der Waals surface area (Å²) in [5, 5.41) is 9.69. The summed E-state index contributed by atoms with van der Waals surface area (Å²) >= 11 is 0. The van der Waals surface area contributed by atoms with Crippen LogP contribution in [0.15, 0.2) is 47.0 Å². The molecule has 1 aromatic heterocycles. The van der Waals surface area contributed by atoms with E-state index < -0.39 is 0 Å². The van der Waals surface area contributed by atoms with Crippen molar-refractivity contribution in [3.8, 4) is 11.5 Å². The number of aromatic nitrogens is 1. The molecule has 228 valence electrons. The first-order chi connectivity index (χ1) is 20.4. The van der Waals surface area contributed by atoms with Crippen LogP contribution in [0, 0.1) is 13.8 Å². The van der Waals surface area contributed by atoms with Gasteiger partial charge in [0, 0.05) is 44.1 Å². The van der Waals surface area contributed by atoms with Crippen LogP contribution < -0.4 is 20.1 Å². The van der Waals surface area contributed by atoms with Gasteiger partial charge in [0.05, 0.1) is 26.4 Å². The van der Waals surface area contributed by atoms with E-state index in [1.54, 1.807) is 21.0 Å². The van der Waals surface area contributed by atoms with E-state index in [1.165, 1.54) is 0 Å². The number of hydrogen-bond acceptors (Lipinski definition) is 8. The van der Waals surface area contributed by atoms with E-state index in [9.17, 15) is 4.79 Å². The predicted molar refractivity (Wildman–Crippen MR) is 162 cm³/mol. The Labute approximate surface area is 248 Å². The third kappa shape index (κ3) is 9.75. The number of rotatable bonds is 8. The van der Waals surface area contributed by atoms with E-state index in [-0.39, 0.29) is 12.1 Å². The van der Waals surface area contributed by atoms with Crippen molar-refractivity contribution in [2.24, 2.45) is 0 Å². The second-order valence-corrected chi connectivity index (χ2v) is 10.7. The SMILES string of the molecule is COc1ccc(COCCN2CCCOCCCC[C@H](C)Oc3ccc(NC(=O)Nc4c(C)noc4C)cc3C2)cc1. The predicted octanol–water partition coefficient (Wildman–Crippen LogP) is 6.32. The standard InChI is InChI=1S/C32H44N4O6/c1-23-8-5-6-17-39-18-7-15-36(16-19-40-22-26-9-12-29(38-4)13-10-26)21-27-20-28(11-14-30(27)41-23)33-32(37)34-31-24(2)35-42-25(31)3/h9-14,20,23H,5-8,15-19,21-22H2,1-4H3,(H2,33,34,37)/t23-/m0/s1. The van der Waals surface area contributed by atoms with E-state index in [0.717, 1.165) is 74.6 Å². The fourth-order valence-corrected chi connectivity index (χ4v) is 4.85. The van der Waals surface area contributed by atoms with Crippen LogP contribution in [0.25, 0.3) is 0 Å². The molecule has 0 fully saturated rings. The second kappa shape index (κ2) is 16.1. The second-order valence-electron chi connectivity index (χ2n) is 10.7. The first-order valence-corrected chi connectivity index (χ1v) is 14.7. The maximum Gasteiger partial charge on any atom is 0.323 e. The molecule has 2 aromatic carbocycles. The van der Waals surface area contributed by atoms with Gasteiger partial charge in [-0.2, -0.15) is 0 Å². The van der Waals surface area contributed by atoms with Gasteiger partial charge in [0.1, 0.15) is 22.9 Å². The maximum absolute atomic E-state index is 12.8. The summed E-state index contributed by atoms with van der Waals surface area (Å²) < 4.78 is 28.7. The monoisotopic (exact) mass is 580 g/mol. The summed E-state index contributed by atoms with van der Waals surface area (Å²) in [4.78, 5) is 15.2. The van der Waals surface area contributed by atoms with E-state index >= 15 is 0 Å². The van der Waals surface area contributed by atoms with Crippen molar-refractivity contribution in [3.05, 3.63) is 65.0 Å². The highest BCUT2D eigenvalue weighted by Crippen LogP contribution is 2.27. The summed E-state index contributed by atoms with van der Waals surface area (Å²) in [5.74, 6) is 2.22. The smallest absolute Gasteiger partial charge is 0.323 e. The molecule has 3 aromatic rings. The molecular formula is C32H44N4O6. The summed E-state index contributed by atoms with van der Waals surface area (Å²) in [7, 11) is 1.66. The van der Waals surface area contributed by atoms with Crippen LogP contribution >= 0.6 is 0 Å². The van der Waals surface area contributed by atoms with Crippen LogP contribution in [0.4, 0.5) is 16.2 Å². The fraction of sp³-hybridized carbons (Fsp3) is 0.500. The summed E-state index contributed by atoms with van der Waals surface area (Å²) in [6.07, 6.45) is 4.01. The normalized spacial score (nSPS) is 17.0. The lowest BCUT2D eigenvalue weighted by molar-refractivity contribution is 0.0782. The molecule has 10 heteroatoms. The Morgan fingerprint density at radius 3 is 2.64 bits per heavy atom. The van der Waals surface area contributed by atoms with Gasteiger partial charge in [0.15, 0.2) is 5.76 Å². The van der Waals surface area contributed by atoms with E-state index in [0.29, 0.717) is 42.6 Å². The van der Waals surface area contributed by atoms with Gasteiger partial charge in [-0.1, -0.05) is 17.3 Å². The van der Waals surface area contributed by atoms with Crippen LogP contribution in [-0.2, 0) is 22.6 Å². The number of fused-ring (bicyclic) bond motifs is 1. The Kier molecular flexibility index (Phi) is 12.0. The fourth-order valence-electron chi connectivity index (χ4n) is 4.85. The molecule has 42 heavy (non-hydrogen) atoms. The molecule has 0 aliphatic carbocycles. The van der Waals surface area contributed by atoms with Crippen molar-refractivity contribution < 1.29 is 28.3 Å². The molecule has 1 aliphatic rings. The molecule has 2 heterocycles. The number of anilines is 2. The number of methoxy groups -OCH3 is 1. The third-order valence-corrected chi connectivity index (χ3v) is 7.20. The van der Waals surface area contributed by atoms with Gasteiger partial charge in [-0.3, -0.25) is 4.90 Å². The first-order valence-electron chi connectivity index (χ1n) is 14.7. The lowest BCUT2D eigenvalue weighted by Gasteiger charge is -2.26. The lowest BCUT2D eigenvalue weighted by atomic mass is 10.1. The van der Waals surface area contributed by atoms with Gasteiger partial charge in [-0.25, -0.2) is 4.79 Å². The molecule has 1 aliphatic heterocycles. The number of urea groups is 1. The number of amides is 2. The molecule has 4 rings (SSSR count). The van der Waals surface area contributed by atoms with Crippen molar-refractivity contribution in [3.63, 3.8) is 0 Å². The molecule has 10 nitrogen and oxygen atoms in total. The van der Waals surface area contributed by atoms with Crippen LogP contribution in [0.1, 0.15) is 55.2 Å². The average Bonchev–Trinajstić information content (AvgIpc) is 3.29. The largest absolute Gasteiger partial charge is 0.497 e. The third-order valence-electron chi connectivity index (χ3n) is 7.20. The van der Waals surface area contributed by atoms with Crippen LogP contribution in [0.2, 0.25) is 0 Å². The molecule has 0 radical (unpaired) electrons. The van der Waals surface area contributed by atoms with Gasteiger partial charge < -0.3 is 34.1 Å². The molecule has 0 unspecified atom stereocenters. The van der Waals surface area contributed by atoms with Crippen molar-refractivity contribution in [1.82, 2.24) is 10.1 Å². The minimum absolute atomic E-state index is 0.0645. The number of carbonyl (C=O) groups is 1. The molecule has 2 amide bonds. The van der Waals surface area contributed by atoms with Crippen LogP contribution in [0.3, 0.4) is 0 Å². The lowest BCUT2D eigenvalue weighted by Crippen LogP contribution is -2.30. The molecule has 0 bridgehead atoms. The number of hydrogen-bond donors (Lipinski definition) is 2. The van der Waals surface area contributed by atoms with Gasteiger partial charge in [-0.05, 0) is 82.3 Å². The molecule has 2 N–H and O–H groups in total. The van der Waals surface area contributed by atoms with Crippen LogP contribution in [-0.4, -0.2) is 62.2 Å². The average molecular weight is 581 g/mol. The number of nitrogens with zero attached hydrogens (tertiary/aromatic N) is 2. The number of nitrogens with one attached hydrogen (secondary N) is 2. The minimum atomic E-state index is -0.361. The Morgan fingerprint density at radius 1 is 1.07 bits per heavy atom. The highest BCUT2D eigenvalue weighted by molar-refractivity contribution is 6.00. The molecule has 0 saturated heterocycles. The van der Waals surface area contributed by atoms with E-state index in [2.05, 4.69) is 27.6 Å². The number of benzene rings is 2. The minimum Gasteiger partial charge on any atom is -0.497 e. The Morgan fingerprint density at radius 2 is 1.88 bits per heavy atom. The zero-order chi connectivity index (χ0) is 29.7. The topological polar surface area (TPSA) is 107 Å². The van der Waals surface area contributed by atoms with E-state index in [4.69, 9.17) is 23.5 Å². The highest BCUT2D eigenvalue weighted by Gasteiger charge is 2.17. The van der Waals surface area contributed by atoms with Crippen LogP contribution in [0.5, 0.6) is 11.5 Å². The Balaban J connectivity index is 1.45. The van der Waals surface area contributed by atoms with Gasteiger partial charge in [0.25, 0.3) is 0 Å². The molecule has 0 saturated carbocycles. The zero-order valence-electron chi connectivity index (χ0n) is 25.2. The number of carbonyl (C=O) groups excluding carboxylic acids is 1. The summed E-state index contributed by atoms with van der Waals surface area (Å²) in [6.45, 7) is 10.5. The summed E-state index contributed by atoms with van der Waals surface area (Å²) in [5.41, 5.74) is 3.98. The quantitative estimate of drug-likeness (QED) is 0.298. The first kappa shape index (κ1) is 31.3. The van der Waals surface area contributed by atoms with Crippen molar-refractivity contribution >= 4 is 17.4 Å². The highest BCUT2D eigenvalue weighted by atomic mass is 16.5. The van der Waals surface area contributed by atoms with Crippen molar-refractivity contribution in [1.29, 1.82) is 0 Å². The van der Waals surface area contributed by atoms with Crippen molar-refractivity contribution in [2.75, 3.05) is 50.7 Å².